The summed E-state index contributed by atoms with van der Waals surface area (Å²) < 4.78 is 0. The molecule has 3 rings (SSSR count). The summed E-state index contributed by atoms with van der Waals surface area (Å²) in [6.45, 7) is 4.74. The van der Waals surface area contributed by atoms with E-state index in [1.807, 2.05) is 24.0 Å². The van der Waals surface area contributed by atoms with Gasteiger partial charge in [0, 0.05) is 30.9 Å². The van der Waals surface area contributed by atoms with Gasteiger partial charge in [-0.1, -0.05) is 23.7 Å². The number of amides is 3. The Hall–Kier alpha value is -3.06. The van der Waals surface area contributed by atoms with Crippen LogP contribution in [0.3, 0.4) is 0 Å². The number of likely N-dealkylation sites (N-methyl/N-ethyl adjacent to an activating group) is 1. The van der Waals surface area contributed by atoms with Gasteiger partial charge in [-0.05, 0) is 69.0 Å². The molecular weight excluding hydrogens is 440 g/mol. The van der Waals surface area contributed by atoms with Crippen LogP contribution >= 0.6 is 11.6 Å². The minimum absolute atomic E-state index is 0.0349. The van der Waals surface area contributed by atoms with Gasteiger partial charge in [-0.3, -0.25) is 14.4 Å². The van der Waals surface area contributed by atoms with Gasteiger partial charge in [-0.15, -0.1) is 0 Å². The van der Waals surface area contributed by atoms with E-state index >= 15 is 0 Å². The average Bonchev–Trinajstić information content (AvgIpc) is 2.79. The number of hydrogen-bond acceptors (Lipinski definition) is 4. The molecule has 2 N–H and O–H groups in total. The van der Waals surface area contributed by atoms with Crippen LogP contribution in [0, 0.1) is 6.92 Å². The van der Waals surface area contributed by atoms with Gasteiger partial charge in [-0.2, -0.15) is 0 Å². The number of benzene rings is 2. The van der Waals surface area contributed by atoms with Gasteiger partial charge in [0.25, 0.3) is 5.91 Å². The van der Waals surface area contributed by atoms with Gasteiger partial charge < -0.3 is 20.4 Å². The topological polar surface area (TPSA) is 81.8 Å². The van der Waals surface area contributed by atoms with E-state index in [-0.39, 0.29) is 36.9 Å². The summed E-state index contributed by atoms with van der Waals surface area (Å²) in [7, 11) is 1.57. The van der Waals surface area contributed by atoms with Crippen molar-refractivity contribution in [1.82, 2.24) is 9.80 Å². The molecule has 2 aromatic carbocycles. The minimum atomic E-state index is -0.329. The van der Waals surface area contributed by atoms with Gasteiger partial charge in [0.15, 0.2) is 0 Å². The van der Waals surface area contributed by atoms with Gasteiger partial charge in [0.1, 0.15) is 0 Å². The fraction of sp³-hybridized carbons (Fsp3) is 0.400. The number of halogens is 1. The highest BCUT2D eigenvalue weighted by molar-refractivity contribution is 6.33. The van der Waals surface area contributed by atoms with Crippen LogP contribution in [0.4, 0.5) is 11.4 Å². The fourth-order valence-corrected chi connectivity index (χ4v) is 4.11. The molecule has 2 aromatic rings. The summed E-state index contributed by atoms with van der Waals surface area (Å²) in [6, 6.07) is 12.7. The zero-order valence-corrected chi connectivity index (χ0v) is 20.1. The van der Waals surface area contributed by atoms with Crippen LogP contribution in [-0.4, -0.2) is 60.2 Å². The van der Waals surface area contributed by atoms with Crippen molar-refractivity contribution < 1.29 is 14.4 Å². The molecule has 3 amide bonds. The Labute approximate surface area is 200 Å². The Morgan fingerprint density at radius 3 is 2.58 bits per heavy atom. The molecule has 1 saturated heterocycles. The highest BCUT2D eigenvalue weighted by atomic mass is 35.5. The van der Waals surface area contributed by atoms with Crippen LogP contribution in [0.2, 0.25) is 5.02 Å². The normalized spacial score (nSPS) is 15.6. The van der Waals surface area contributed by atoms with Crippen molar-refractivity contribution in [1.29, 1.82) is 0 Å². The van der Waals surface area contributed by atoms with Gasteiger partial charge in [0.05, 0.1) is 23.8 Å². The lowest BCUT2D eigenvalue weighted by molar-refractivity contribution is -0.131. The number of carbonyl (C=O) groups is 3. The largest absolute Gasteiger partial charge is 0.376 e. The molecule has 1 heterocycles. The molecule has 1 aliphatic rings. The fourth-order valence-electron chi connectivity index (χ4n) is 3.92. The second-order valence-corrected chi connectivity index (χ2v) is 8.91. The summed E-state index contributed by atoms with van der Waals surface area (Å²) in [5.74, 6) is -0.506. The minimum Gasteiger partial charge on any atom is -0.376 e. The number of anilines is 2. The number of aryl methyl sites for hydroxylation is 1. The number of para-hydroxylation sites is 1. The summed E-state index contributed by atoms with van der Waals surface area (Å²) >= 11 is 6.05. The van der Waals surface area contributed by atoms with Crippen molar-refractivity contribution in [3.63, 3.8) is 0 Å². The Bertz CT molecular complexity index is 1030. The molecule has 33 heavy (non-hydrogen) atoms. The number of nitrogens with zero attached hydrogens (tertiary/aromatic N) is 2. The number of carbonyl (C=O) groups excluding carboxylic acids is 3. The van der Waals surface area contributed by atoms with Gasteiger partial charge in [-0.25, -0.2) is 0 Å². The number of nitrogens with one attached hydrogen (secondary N) is 2. The van der Waals surface area contributed by atoms with Gasteiger partial charge >= 0.3 is 0 Å². The maximum Gasteiger partial charge on any atom is 0.254 e. The maximum absolute atomic E-state index is 12.9. The van der Waals surface area contributed by atoms with E-state index in [0.29, 0.717) is 16.3 Å². The lowest BCUT2D eigenvalue weighted by Crippen LogP contribution is -2.42. The van der Waals surface area contributed by atoms with Crippen molar-refractivity contribution in [3.05, 3.63) is 58.6 Å². The molecule has 0 saturated carbocycles. The SMILES string of the molecule is Cc1cc(C(=O)N2CCCCC2C)ccc1NCC(=O)N(C)CC(=O)Nc1ccccc1Cl. The number of hydrogen-bond donors (Lipinski definition) is 2. The first kappa shape index (κ1) is 24.6. The molecule has 0 aromatic heterocycles. The molecule has 8 heteroatoms. The molecule has 0 spiro atoms. The Morgan fingerprint density at radius 2 is 1.88 bits per heavy atom. The summed E-state index contributed by atoms with van der Waals surface area (Å²) in [6.07, 6.45) is 3.24. The maximum atomic E-state index is 12.9. The van der Waals surface area contributed by atoms with Gasteiger partial charge in [0.2, 0.25) is 11.8 Å². The summed E-state index contributed by atoms with van der Waals surface area (Å²) in [5, 5.41) is 6.25. The monoisotopic (exact) mass is 470 g/mol. The molecule has 0 radical (unpaired) electrons. The second-order valence-electron chi connectivity index (χ2n) is 8.50. The number of likely N-dealkylation sites (tertiary alicyclic amines) is 1. The van der Waals surface area contributed by atoms with E-state index in [2.05, 4.69) is 17.6 Å². The van der Waals surface area contributed by atoms with E-state index in [1.54, 1.807) is 37.4 Å². The second kappa shape index (κ2) is 11.2. The van der Waals surface area contributed by atoms with Crippen molar-refractivity contribution >= 4 is 40.7 Å². The molecule has 176 valence electrons. The summed E-state index contributed by atoms with van der Waals surface area (Å²) in [4.78, 5) is 40.9. The van der Waals surface area contributed by atoms with Crippen LogP contribution in [0.15, 0.2) is 42.5 Å². The first-order valence-electron chi connectivity index (χ1n) is 11.2. The van der Waals surface area contributed by atoms with Crippen molar-refractivity contribution in [2.45, 2.75) is 39.2 Å². The summed E-state index contributed by atoms with van der Waals surface area (Å²) in [5.41, 5.74) is 2.83. The first-order valence-corrected chi connectivity index (χ1v) is 11.6. The van der Waals surface area contributed by atoms with Crippen LogP contribution < -0.4 is 10.6 Å². The molecule has 7 nitrogen and oxygen atoms in total. The first-order chi connectivity index (χ1) is 15.8. The van der Waals surface area contributed by atoms with Crippen molar-refractivity contribution in [3.8, 4) is 0 Å². The molecule has 0 aliphatic carbocycles. The molecule has 1 fully saturated rings. The van der Waals surface area contributed by atoms with E-state index in [4.69, 9.17) is 11.6 Å². The molecule has 1 unspecified atom stereocenters. The predicted octanol–water partition coefficient (Wildman–Crippen LogP) is 4.17. The van der Waals surface area contributed by atoms with E-state index in [1.165, 1.54) is 4.90 Å². The molecular formula is C25H31ClN4O3. The van der Waals surface area contributed by atoms with E-state index in [9.17, 15) is 14.4 Å². The third-order valence-electron chi connectivity index (χ3n) is 5.92. The van der Waals surface area contributed by atoms with Crippen LogP contribution in [0.5, 0.6) is 0 Å². The smallest absolute Gasteiger partial charge is 0.254 e. The third-order valence-corrected chi connectivity index (χ3v) is 6.25. The van der Waals surface area contributed by atoms with Crippen molar-refractivity contribution in [2.75, 3.05) is 37.3 Å². The Kier molecular flexibility index (Phi) is 8.33. The zero-order valence-electron chi connectivity index (χ0n) is 19.4. The quantitative estimate of drug-likeness (QED) is 0.636. The molecule has 1 atom stereocenters. The Balaban J connectivity index is 1.52. The average molecular weight is 471 g/mol. The number of rotatable bonds is 7. The Morgan fingerprint density at radius 1 is 1.12 bits per heavy atom. The standard InChI is InChI=1S/C25H31ClN4O3/c1-17-14-19(25(33)30-13-7-6-8-18(30)2)11-12-21(17)27-15-24(32)29(3)16-23(31)28-22-10-5-4-9-20(22)26/h4-5,9-12,14,18,27H,6-8,13,15-16H2,1-3H3,(H,28,31). The molecule has 1 aliphatic heterocycles. The van der Waals surface area contributed by atoms with Crippen LogP contribution in [0.1, 0.15) is 42.1 Å². The van der Waals surface area contributed by atoms with Crippen LogP contribution in [0.25, 0.3) is 0 Å². The number of piperidine rings is 1. The lowest BCUT2D eigenvalue weighted by atomic mass is 10.0. The highest BCUT2D eigenvalue weighted by Gasteiger charge is 2.24. The van der Waals surface area contributed by atoms with E-state index in [0.717, 1.165) is 37.1 Å². The van der Waals surface area contributed by atoms with Crippen molar-refractivity contribution in [2.24, 2.45) is 0 Å². The van der Waals surface area contributed by atoms with Crippen LogP contribution in [-0.2, 0) is 9.59 Å². The lowest BCUT2D eigenvalue weighted by Gasteiger charge is -2.33. The molecule has 0 bridgehead atoms. The predicted molar refractivity (Wildman–Crippen MR) is 132 cm³/mol. The van der Waals surface area contributed by atoms with E-state index < -0.39 is 0 Å². The third kappa shape index (κ3) is 6.48. The zero-order chi connectivity index (χ0) is 24.0. The highest BCUT2D eigenvalue weighted by Crippen LogP contribution is 2.22.